The lowest BCUT2D eigenvalue weighted by Crippen LogP contribution is -2.01. The van der Waals surface area contributed by atoms with Crippen LogP contribution in [-0.2, 0) is 0 Å². The summed E-state index contributed by atoms with van der Waals surface area (Å²) < 4.78 is 4.93. The third-order valence-corrected chi connectivity index (χ3v) is 2.73. The molecular formula is C13H9N5O2. The van der Waals surface area contributed by atoms with E-state index in [9.17, 15) is 4.79 Å². The molecule has 2 N–H and O–H groups in total. The molecule has 7 nitrogen and oxygen atoms in total. The highest BCUT2D eigenvalue weighted by molar-refractivity contribution is 5.79. The van der Waals surface area contributed by atoms with Crippen molar-refractivity contribution in [1.82, 2.24) is 15.2 Å². The zero-order chi connectivity index (χ0) is 13.9. The van der Waals surface area contributed by atoms with Crippen LogP contribution in [0.25, 0.3) is 22.4 Å². The van der Waals surface area contributed by atoms with E-state index in [0.29, 0.717) is 22.6 Å². The Labute approximate surface area is 112 Å². The predicted molar refractivity (Wildman–Crippen MR) is 72.0 cm³/mol. The molecule has 0 bridgehead atoms. The third-order valence-electron chi connectivity index (χ3n) is 2.73. The molecule has 1 aromatic carbocycles. The fourth-order valence-corrected chi connectivity index (χ4v) is 1.82. The number of H-pyrrole nitrogens is 1. The van der Waals surface area contributed by atoms with E-state index in [0.717, 1.165) is 5.56 Å². The molecule has 2 heterocycles. The van der Waals surface area contributed by atoms with Gasteiger partial charge in [0.05, 0.1) is 17.3 Å². The van der Waals surface area contributed by atoms with Gasteiger partial charge in [-0.3, -0.25) is 4.98 Å². The number of hydrogen-bond donors (Lipinski definition) is 2. The molecule has 98 valence electrons. The average Bonchev–Trinajstić information content (AvgIpc) is 2.84. The second-order valence-corrected chi connectivity index (χ2v) is 4.04. The van der Waals surface area contributed by atoms with Gasteiger partial charge in [0.2, 0.25) is 0 Å². The Hall–Kier alpha value is -3.14. The van der Waals surface area contributed by atoms with Crippen molar-refractivity contribution in [3.63, 3.8) is 0 Å². The van der Waals surface area contributed by atoms with Crippen molar-refractivity contribution in [2.24, 2.45) is 0 Å². The van der Waals surface area contributed by atoms with Gasteiger partial charge in [-0.2, -0.15) is 5.26 Å². The first kappa shape index (κ1) is 11.9. The molecule has 0 aliphatic heterocycles. The minimum Gasteiger partial charge on any atom is -0.408 e. The zero-order valence-electron chi connectivity index (χ0n) is 10.3. The maximum absolute atomic E-state index is 11.1. The molecule has 0 atom stereocenters. The molecule has 7 heteroatoms. The normalized spacial score (nSPS) is 10.3. The van der Waals surface area contributed by atoms with Crippen LogP contribution in [0.15, 0.2) is 39.5 Å². The molecule has 2 aromatic heterocycles. The number of hydrogen-bond acceptors (Lipinski definition) is 6. The maximum Gasteiger partial charge on any atom is 0.417 e. The molecule has 0 unspecified atom stereocenters. The van der Waals surface area contributed by atoms with Crippen molar-refractivity contribution in [3.8, 4) is 17.3 Å². The Balaban J connectivity index is 1.94. The van der Waals surface area contributed by atoms with E-state index in [1.54, 1.807) is 30.3 Å². The molecule has 0 saturated carbocycles. The van der Waals surface area contributed by atoms with Crippen LogP contribution in [0.4, 0.5) is 5.82 Å². The van der Waals surface area contributed by atoms with E-state index in [1.165, 1.54) is 0 Å². The van der Waals surface area contributed by atoms with Gasteiger partial charge < -0.3 is 9.73 Å². The number of nitrogens with zero attached hydrogens (tertiary/aromatic N) is 3. The predicted octanol–water partition coefficient (Wildman–Crippen LogP) is 1.51. The Morgan fingerprint density at radius 1 is 1.30 bits per heavy atom. The van der Waals surface area contributed by atoms with Gasteiger partial charge in [0, 0.05) is 5.56 Å². The van der Waals surface area contributed by atoms with Crippen LogP contribution in [0.5, 0.6) is 0 Å². The van der Waals surface area contributed by atoms with Crippen LogP contribution in [0.3, 0.4) is 0 Å². The molecular weight excluding hydrogens is 258 g/mol. The average molecular weight is 267 g/mol. The van der Waals surface area contributed by atoms with Crippen molar-refractivity contribution in [3.05, 3.63) is 40.9 Å². The van der Waals surface area contributed by atoms with Crippen LogP contribution in [0, 0.1) is 11.3 Å². The molecule has 0 radical (unpaired) electrons. The second kappa shape index (κ2) is 4.85. The van der Waals surface area contributed by atoms with Gasteiger partial charge in [-0.25, -0.2) is 4.79 Å². The van der Waals surface area contributed by atoms with Gasteiger partial charge in [-0.15, -0.1) is 10.2 Å². The van der Waals surface area contributed by atoms with Crippen LogP contribution < -0.4 is 11.1 Å². The van der Waals surface area contributed by atoms with Crippen LogP contribution in [0.2, 0.25) is 0 Å². The SMILES string of the molecule is N#CCNc1ccc(-c2ccc3oc(=O)[nH]c3c2)nn1. The number of nitrogens with one attached hydrogen (secondary N) is 2. The van der Waals surface area contributed by atoms with Crippen molar-refractivity contribution in [2.45, 2.75) is 0 Å². The summed E-state index contributed by atoms with van der Waals surface area (Å²) in [6.45, 7) is 0.177. The van der Waals surface area contributed by atoms with Crippen LogP contribution in [-0.4, -0.2) is 21.7 Å². The number of nitriles is 1. The number of oxazole rings is 1. The van der Waals surface area contributed by atoms with E-state index in [1.807, 2.05) is 6.07 Å². The van der Waals surface area contributed by atoms with E-state index >= 15 is 0 Å². The summed E-state index contributed by atoms with van der Waals surface area (Å²) in [6, 6.07) is 10.8. The van der Waals surface area contributed by atoms with Crippen molar-refractivity contribution in [2.75, 3.05) is 11.9 Å². The van der Waals surface area contributed by atoms with Gasteiger partial charge in [0.1, 0.15) is 12.4 Å². The summed E-state index contributed by atoms with van der Waals surface area (Å²) in [7, 11) is 0. The first-order valence-corrected chi connectivity index (χ1v) is 5.84. The molecule has 0 saturated heterocycles. The van der Waals surface area contributed by atoms with E-state index < -0.39 is 5.76 Å². The largest absolute Gasteiger partial charge is 0.417 e. The minimum absolute atomic E-state index is 0.177. The smallest absolute Gasteiger partial charge is 0.408 e. The highest BCUT2D eigenvalue weighted by atomic mass is 16.4. The first-order chi connectivity index (χ1) is 9.76. The summed E-state index contributed by atoms with van der Waals surface area (Å²) in [4.78, 5) is 13.7. The highest BCUT2D eigenvalue weighted by Crippen LogP contribution is 2.21. The number of anilines is 1. The highest BCUT2D eigenvalue weighted by Gasteiger charge is 2.05. The summed E-state index contributed by atoms with van der Waals surface area (Å²) in [5, 5.41) is 19.3. The topological polar surface area (TPSA) is 108 Å². The molecule has 0 aliphatic carbocycles. The van der Waals surface area contributed by atoms with E-state index in [4.69, 9.17) is 9.68 Å². The maximum atomic E-state index is 11.1. The minimum atomic E-state index is -0.487. The van der Waals surface area contributed by atoms with Gasteiger partial charge >= 0.3 is 5.76 Å². The Kier molecular flexibility index (Phi) is 2.89. The standard InChI is InChI=1S/C13H9N5O2/c14-5-6-15-12-4-2-9(17-18-12)8-1-3-11-10(7-8)16-13(19)20-11/h1-4,7H,6H2,(H,15,18)(H,16,19). The first-order valence-electron chi connectivity index (χ1n) is 5.84. The number of benzene rings is 1. The molecule has 3 aromatic rings. The second-order valence-electron chi connectivity index (χ2n) is 4.04. The molecule has 3 rings (SSSR count). The van der Waals surface area contributed by atoms with E-state index in [-0.39, 0.29) is 6.54 Å². The molecule has 0 amide bonds. The quantitative estimate of drug-likeness (QED) is 0.696. The molecule has 0 aliphatic rings. The Bertz CT molecular complexity index is 842. The molecule has 0 fully saturated rings. The fourth-order valence-electron chi connectivity index (χ4n) is 1.82. The number of rotatable bonds is 3. The summed E-state index contributed by atoms with van der Waals surface area (Å²) in [5.74, 6) is 0.0485. The molecule has 20 heavy (non-hydrogen) atoms. The van der Waals surface area contributed by atoms with Gasteiger partial charge in [0.15, 0.2) is 5.58 Å². The van der Waals surface area contributed by atoms with Crippen molar-refractivity contribution < 1.29 is 4.42 Å². The lowest BCUT2D eigenvalue weighted by Gasteiger charge is -2.02. The number of fused-ring (bicyclic) bond motifs is 1. The van der Waals surface area contributed by atoms with E-state index in [2.05, 4.69) is 20.5 Å². The zero-order valence-corrected chi connectivity index (χ0v) is 10.3. The number of aromatic nitrogens is 3. The van der Waals surface area contributed by atoms with Gasteiger partial charge in [-0.1, -0.05) is 0 Å². The fraction of sp³-hybridized carbons (Fsp3) is 0.0769. The van der Waals surface area contributed by atoms with Crippen LogP contribution in [0.1, 0.15) is 0 Å². The lowest BCUT2D eigenvalue weighted by atomic mass is 10.1. The third kappa shape index (κ3) is 2.22. The van der Waals surface area contributed by atoms with Gasteiger partial charge in [0.25, 0.3) is 0 Å². The summed E-state index contributed by atoms with van der Waals surface area (Å²) in [5.41, 5.74) is 2.59. The monoisotopic (exact) mass is 267 g/mol. The Morgan fingerprint density at radius 3 is 2.95 bits per heavy atom. The lowest BCUT2D eigenvalue weighted by molar-refractivity contribution is 0.555. The van der Waals surface area contributed by atoms with Gasteiger partial charge in [-0.05, 0) is 30.3 Å². The van der Waals surface area contributed by atoms with Crippen LogP contribution >= 0.6 is 0 Å². The van der Waals surface area contributed by atoms with Crippen molar-refractivity contribution >= 4 is 16.9 Å². The number of aromatic amines is 1. The summed E-state index contributed by atoms with van der Waals surface area (Å²) in [6.07, 6.45) is 0. The Morgan fingerprint density at radius 2 is 2.20 bits per heavy atom. The van der Waals surface area contributed by atoms with Crippen molar-refractivity contribution in [1.29, 1.82) is 5.26 Å². The summed E-state index contributed by atoms with van der Waals surface area (Å²) >= 11 is 0. The molecule has 0 spiro atoms.